The summed E-state index contributed by atoms with van der Waals surface area (Å²) >= 11 is 0. The Morgan fingerprint density at radius 1 is 1.42 bits per heavy atom. The highest BCUT2D eigenvalue weighted by molar-refractivity contribution is 7.84. The molecule has 1 saturated heterocycles. The van der Waals surface area contributed by atoms with E-state index in [4.69, 9.17) is 9.47 Å². The van der Waals surface area contributed by atoms with E-state index in [1.54, 1.807) is 23.7 Å². The Kier molecular flexibility index (Phi) is 4.62. The molecule has 0 N–H and O–H groups in total. The van der Waals surface area contributed by atoms with Gasteiger partial charge in [-0.2, -0.15) is 5.10 Å². The van der Waals surface area contributed by atoms with Crippen molar-refractivity contribution in [1.29, 1.82) is 0 Å². The summed E-state index contributed by atoms with van der Waals surface area (Å²) in [7, 11) is -1.57. The fourth-order valence-electron chi connectivity index (χ4n) is 3.58. The molecule has 0 spiro atoms. The van der Waals surface area contributed by atoms with Gasteiger partial charge in [0.05, 0.1) is 39.8 Å². The lowest BCUT2D eigenvalue weighted by Crippen LogP contribution is -2.22. The largest absolute Gasteiger partial charge is 0.461 e. The molecule has 1 aromatic heterocycles. The summed E-state index contributed by atoms with van der Waals surface area (Å²) in [6.07, 6.45) is 1.51. The number of hydrogen-bond acceptors (Lipinski definition) is 5. The Labute approximate surface area is 152 Å². The van der Waals surface area contributed by atoms with Crippen LogP contribution < -0.4 is 0 Å². The zero-order valence-corrected chi connectivity index (χ0v) is 15.2. The highest BCUT2D eigenvalue weighted by atomic mass is 32.2. The molecule has 4 rings (SSSR count). The molecule has 1 fully saturated rings. The van der Waals surface area contributed by atoms with Crippen LogP contribution in [0, 0.1) is 5.82 Å². The zero-order valence-electron chi connectivity index (χ0n) is 14.4. The Balaban J connectivity index is 1.93. The summed E-state index contributed by atoms with van der Waals surface area (Å²) in [5.41, 5.74) is 1.97. The van der Waals surface area contributed by atoms with Gasteiger partial charge in [-0.3, -0.25) is 8.89 Å². The molecular formula is C18H19FN2O4S. The third-order valence-corrected chi connectivity index (χ3v) is 6.16. The molecule has 1 unspecified atom stereocenters. The molecule has 0 saturated carbocycles. The average Bonchev–Trinajstić information content (AvgIpc) is 3.02. The Bertz CT molecular complexity index is 890. The van der Waals surface area contributed by atoms with Crippen molar-refractivity contribution in [1.82, 2.24) is 9.78 Å². The van der Waals surface area contributed by atoms with Gasteiger partial charge in [0.2, 0.25) is 0 Å². The van der Waals surface area contributed by atoms with Crippen LogP contribution in [0.1, 0.15) is 41.9 Å². The maximum absolute atomic E-state index is 14.3. The van der Waals surface area contributed by atoms with Crippen molar-refractivity contribution in [3.8, 4) is 11.3 Å². The normalized spacial score (nSPS) is 19.7. The van der Waals surface area contributed by atoms with Crippen LogP contribution in [0.5, 0.6) is 0 Å². The first kappa shape index (κ1) is 17.4. The zero-order chi connectivity index (χ0) is 18.3. The predicted octanol–water partition coefficient (Wildman–Crippen LogP) is 2.84. The lowest BCUT2D eigenvalue weighted by atomic mass is 10.0. The maximum atomic E-state index is 14.3. The minimum absolute atomic E-state index is 0.0447. The summed E-state index contributed by atoms with van der Waals surface area (Å²) in [5.74, 6) is -0.976. The van der Waals surface area contributed by atoms with Gasteiger partial charge >= 0.3 is 5.97 Å². The molecule has 2 aromatic rings. The molecule has 8 heteroatoms. The van der Waals surface area contributed by atoms with E-state index in [0.717, 1.165) is 12.8 Å². The highest BCUT2D eigenvalue weighted by Crippen LogP contribution is 2.41. The minimum atomic E-state index is -1.57. The van der Waals surface area contributed by atoms with E-state index in [1.807, 2.05) is 0 Å². The van der Waals surface area contributed by atoms with Crippen LogP contribution in [-0.4, -0.2) is 39.8 Å². The summed E-state index contributed by atoms with van der Waals surface area (Å²) in [5, 5.41) is 4.53. The number of fused-ring (bicyclic) bond motifs is 3. The van der Waals surface area contributed by atoms with Crippen LogP contribution in [0.15, 0.2) is 23.1 Å². The molecule has 0 radical (unpaired) electrons. The SMILES string of the molecule is CCOC(=O)c1nn(C2CCOCC2)c2c1CS(=O)c1c(F)cccc1-2. The number of hydrogen-bond donors (Lipinski definition) is 0. The van der Waals surface area contributed by atoms with E-state index in [1.165, 1.54) is 6.07 Å². The third kappa shape index (κ3) is 2.77. The lowest BCUT2D eigenvalue weighted by Gasteiger charge is -2.26. The van der Waals surface area contributed by atoms with Crippen molar-refractivity contribution < 1.29 is 22.9 Å². The van der Waals surface area contributed by atoms with Gasteiger partial charge in [0.25, 0.3) is 0 Å². The van der Waals surface area contributed by atoms with Crippen molar-refractivity contribution in [2.75, 3.05) is 19.8 Å². The van der Waals surface area contributed by atoms with Gasteiger partial charge in [-0.1, -0.05) is 12.1 Å². The van der Waals surface area contributed by atoms with E-state index in [9.17, 15) is 13.4 Å². The quantitative estimate of drug-likeness (QED) is 0.768. The van der Waals surface area contributed by atoms with Crippen molar-refractivity contribution in [2.45, 2.75) is 36.5 Å². The van der Waals surface area contributed by atoms with E-state index >= 15 is 0 Å². The van der Waals surface area contributed by atoms with Gasteiger partial charge in [-0.05, 0) is 25.8 Å². The summed E-state index contributed by atoms with van der Waals surface area (Å²) in [6.45, 7) is 3.17. The molecule has 26 heavy (non-hydrogen) atoms. The van der Waals surface area contributed by atoms with Crippen LogP contribution >= 0.6 is 0 Å². The second-order valence-electron chi connectivity index (χ2n) is 6.29. The van der Waals surface area contributed by atoms with Crippen molar-refractivity contribution in [3.05, 3.63) is 35.3 Å². The van der Waals surface area contributed by atoms with Crippen molar-refractivity contribution >= 4 is 16.8 Å². The van der Waals surface area contributed by atoms with Crippen molar-refractivity contribution in [2.24, 2.45) is 0 Å². The van der Waals surface area contributed by atoms with E-state index in [0.29, 0.717) is 30.0 Å². The van der Waals surface area contributed by atoms with Crippen LogP contribution in [0.25, 0.3) is 11.3 Å². The molecule has 1 atom stereocenters. The predicted molar refractivity (Wildman–Crippen MR) is 92.8 cm³/mol. The van der Waals surface area contributed by atoms with E-state index in [-0.39, 0.29) is 29.0 Å². The third-order valence-electron chi connectivity index (χ3n) is 4.74. The number of halogens is 1. The first-order chi connectivity index (χ1) is 12.6. The second kappa shape index (κ2) is 6.92. The van der Waals surface area contributed by atoms with Crippen LogP contribution in [0.2, 0.25) is 0 Å². The van der Waals surface area contributed by atoms with Gasteiger partial charge in [0.1, 0.15) is 5.82 Å². The molecule has 1 aromatic carbocycles. The number of benzene rings is 1. The molecule has 0 amide bonds. The van der Waals surface area contributed by atoms with Crippen LogP contribution in [-0.2, 0) is 26.0 Å². The molecular weight excluding hydrogens is 359 g/mol. The number of carbonyl (C=O) groups is 1. The molecule has 0 bridgehead atoms. The van der Waals surface area contributed by atoms with Crippen LogP contribution in [0.4, 0.5) is 4.39 Å². The number of esters is 1. The second-order valence-corrected chi connectivity index (χ2v) is 7.68. The Morgan fingerprint density at radius 2 is 2.19 bits per heavy atom. The summed E-state index contributed by atoms with van der Waals surface area (Å²) in [6, 6.07) is 4.68. The molecule has 138 valence electrons. The minimum Gasteiger partial charge on any atom is -0.461 e. The molecule has 2 aliphatic heterocycles. The van der Waals surface area contributed by atoms with E-state index < -0.39 is 22.6 Å². The lowest BCUT2D eigenvalue weighted by molar-refractivity contribution is 0.0512. The van der Waals surface area contributed by atoms with Crippen LogP contribution in [0.3, 0.4) is 0 Å². The van der Waals surface area contributed by atoms with Crippen molar-refractivity contribution in [3.63, 3.8) is 0 Å². The molecule has 3 heterocycles. The molecule has 2 aliphatic rings. The molecule has 6 nitrogen and oxygen atoms in total. The standard InChI is InChI=1S/C18H19FN2O4S/c1-2-25-18(22)15-13-10-26(23)17-12(4-3-5-14(17)19)16(13)21(20-15)11-6-8-24-9-7-11/h3-5,11H,2,6-10H2,1H3. The fourth-order valence-corrected chi connectivity index (χ4v) is 4.95. The van der Waals surface area contributed by atoms with Gasteiger partial charge in [-0.15, -0.1) is 0 Å². The Hall–Kier alpha value is -2.06. The average molecular weight is 378 g/mol. The molecule has 0 aliphatic carbocycles. The number of ether oxygens (including phenoxy) is 2. The summed E-state index contributed by atoms with van der Waals surface area (Å²) in [4.78, 5) is 12.6. The smallest absolute Gasteiger partial charge is 0.359 e. The number of rotatable bonds is 3. The number of aromatic nitrogens is 2. The van der Waals surface area contributed by atoms with Gasteiger partial charge in [0, 0.05) is 24.3 Å². The van der Waals surface area contributed by atoms with E-state index in [2.05, 4.69) is 5.10 Å². The fraction of sp³-hybridized carbons (Fsp3) is 0.444. The van der Waals surface area contributed by atoms with Gasteiger partial charge in [0.15, 0.2) is 5.69 Å². The topological polar surface area (TPSA) is 70.4 Å². The van der Waals surface area contributed by atoms with Gasteiger partial charge < -0.3 is 9.47 Å². The summed E-state index contributed by atoms with van der Waals surface area (Å²) < 4.78 is 39.3. The highest BCUT2D eigenvalue weighted by Gasteiger charge is 2.35. The maximum Gasteiger partial charge on any atom is 0.359 e. The number of nitrogens with zero attached hydrogens (tertiary/aromatic N) is 2. The first-order valence-corrected chi connectivity index (χ1v) is 9.97. The van der Waals surface area contributed by atoms with Gasteiger partial charge in [-0.25, -0.2) is 9.18 Å². The first-order valence-electron chi connectivity index (χ1n) is 8.65. The monoisotopic (exact) mass is 378 g/mol. The Morgan fingerprint density at radius 3 is 2.92 bits per heavy atom. The number of carbonyl (C=O) groups excluding carboxylic acids is 1.